The monoisotopic (exact) mass is 231 g/mol. The Morgan fingerprint density at radius 2 is 2.13 bits per heavy atom. The smallest absolute Gasteiger partial charge is 0.227 e. The van der Waals surface area contributed by atoms with Crippen LogP contribution in [0.5, 0.6) is 0 Å². The molecule has 0 bridgehead atoms. The largest absolute Gasteiger partial charge is 0.298 e. The van der Waals surface area contributed by atoms with Gasteiger partial charge in [-0.3, -0.25) is 4.90 Å². The zero-order valence-corrected chi connectivity index (χ0v) is 10.00. The quantitative estimate of drug-likeness (QED) is 0.678. The van der Waals surface area contributed by atoms with Gasteiger partial charge in [0, 0.05) is 25.7 Å². The van der Waals surface area contributed by atoms with Crippen LogP contribution in [0.3, 0.4) is 0 Å². The van der Waals surface area contributed by atoms with Gasteiger partial charge in [0.05, 0.1) is 6.07 Å². The van der Waals surface area contributed by atoms with Gasteiger partial charge in [-0.05, 0) is 13.5 Å². The summed E-state index contributed by atoms with van der Waals surface area (Å²) in [5.74, 6) is -0.411. The lowest BCUT2D eigenvalue weighted by atomic mass is 10.2. The van der Waals surface area contributed by atoms with Crippen LogP contribution < -0.4 is 0 Å². The average molecular weight is 231 g/mol. The van der Waals surface area contributed by atoms with Gasteiger partial charge in [0.15, 0.2) is 5.75 Å². The summed E-state index contributed by atoms with van der Waals surface area (Å²) in [6.07, 6.45) is 0. The fourth-order valence-electron chi connectivity index (χ4n) is 1.86. The van der Waals surface area contributed by atoms with Crippen molar-refractivity contribution in [1.29, 1.82) is 5.26 Å². The molecule has 0 spiro atoms. The van der Waals surface area contributed by atoms with E-state index in [-0.39, 0.29) is 6.04 Å². The van der Waals surface area contributed by atoms with E-state index < -0.39 is 15.8 Å². The summed E-state index contributed by atoms with van der Waals surface area (Å²) >= 11 is 0. The third-order valence-electron chi connectivity index (χ3n) is 2.77. The molecule has 86 valence electrons. The maximum atomic E-state index is 11.6. The predicted molar refractivity (Wildman–Crippen MR) is 57.7 cm³/mol. The highest BCUT2D eigenvalue weighted by atomic mass is 32.2. The van der Waals surface area contributed by atoms with E-state index in [0.717, 1.165) is 13.1 Å². The molecule has 1 aliphatic rings. The summed E-state index contributed by atoms with van der Waals surface area (Å²) < 4.78 is 24.6. The molecule has 0 radical (unpaired) electrons. The van der Waals surface area contributed by atoms with Crippen LogP contribution in [0.1, 0.15) is 13.8 Å². The molecule has 6 heteroatoms. The zero-order chi connectivity index (χ0) is 11.5. The van der Waals surface area contributed by atoms with Crippen molar-refractivity contribution in [2.75, 3.05) is 31.9 Å². The summed E-state index contributed by atoms with van der Waals surface area (Å²) in [5.41, 5.74) is 0. The first-order valence-electron chi connectivity index (χ1n) is 5.10. The average Bonchev–Trinajstić information content (AvgIpc) is 2.17. The molecule has 0 aromatic heterocycles. The second-order valence-electron chi connectivity index (χ2n) is 3.75. The van der Waals surface area contributed by atoms with Crippen molar-refractivity contribution in [2.45, 2.75) is 19.9 Å². The predicted octanol–water partition coefficient (Wildman–Crippen LogP) is -0.134. The number of hydrogen-bond acceptors (Lipinski definition) is 4. The Balaban J connectivity index is 2.66. The van der Waals surface area contributed by atoms with Gasteiger partial charge in [-0.15, -0.1) is 0 Å². The van der Waals surface area contributed by atoms with E-state index in [1.165, 1.54) is 4.31 Å². The minimum Gasteiger partial charge on any atom is -0.298 e. The van der Waals surface area contributed by atoms with Gasteiger partial charge >= 0.3 is 0 Å². The normalized spacial score (nSPS) is 25.0. The molecular formula is C9H17N3O2S. The van der Waals surface area contributed by atoms with Gasteiger partial charge in [-0.1, -0.05) is 6.92 Å². The molecule has 0 aliphatic carbocycles. The maximum Gasteiger partial charge on any atom is 0.227 e. The highest BCUT2D eigenvalue weighted by molar-refractivity contribution is 7.89. The Labute approximate surface area is 91.3 Å². The van der Waals surface area contributed by atoms with Crippen LogP contribution in [0.15, 0.2) is 0 Å². The lowest BCUT2D eigenvalue weighted by molar-refractivity contribution is 0.136. The molecule has 1 atom stereocenters. The number of hydrogen-bond donors (Lipinski definition) is 0. The third-order valence-corrected chi connectivity index (χ3v) is 4.39. The molecule has 0 aromatic carbocycles. The van der Waals surface area contributed by atoms with Crippen LogP contribution in [0.25, 0.3) is 0 Å². The second kappa shape index (κ2) is 4.92. The number of piperazine rings is 1. The third kappa shape index (κ3) is 2.91. The van der Waals surface area contributed by atoms with Gasteiger partial charge in [-0.25, -0.2) is 8.42 Å². The molecule has 5 nitrogen and oxygen atoms in total. The van der Waals surface area contributed by atoms with Crippen molar-refractivity contribution >= 4 is 10.0 Å². The summed E-state index contributed by atoms with van der Waals surface area (Å²) in [4.78, 5) is 2.23. The van der Waals surface area contributed by atoms with Crippen molar-refractivity contribution in [3.8, 4) is 6.07 Å². The molecule has 1 saturated heterocycles. The summed E-state index contributed by atoms with van der Waals surface area (Å²) in [6, 6.07) is 1.94. The molecule has 0 amide bonds. The minimum atomic E-state index is -3.35. The van der Waals surface area contributed by atoms with Crippen molar-refractivity contribution in [3.63, 3.8) is 0 Å². The van der Waals surface area contributed by atoms with Crippen molar-refractivity contribution in [1.82, 2.24) is 9.21 Å². The molecule has 0 aromatic rings. The molecule has 1 rings (SSSR count). The van der Waals surface area contributed by atoms with E-state index in [4.69, 9.17) is 5.26 Å². The summed E-state index contributed by atoms with van der Waals surface area (Å²) in [7, 11) is -3.35. The van der Waals surface area contributed by atoms with Crippen molar-refractivity contribution < 1.29 is 8.42 Å². The molecule has 1 aliphatic heterocycles. The maximum absolute atomic E-state index is 11.6. The minimum absolute atomic E-state index is 0.234. The number of nitriles is 1. The topological polar surface area (TPSA) is 64.4 Å². The standard InChI is InChI=1S/C9H17N3O2S/c1-3-11-5-6-12(8-9(11)2)15(13,14)7-4-10/h9H,3,5-8H2,1-2H3. The molecule has 15 heavy (non-hydrogen) atoms. The van der Waals surface area contributed by atoms with E-state index in [0.29, 0.717) is 13.1 Å². The molecule has 0 saturated carbocycles. The number of nitrogens with zero attached hydrogens (tertiary/aromatic N) is 3. The van der Waals surface area contributed by atoms with Gasteiger partial charge in [-0.2, -0.15) is 9.57 Å². The Hall–Kier alpha value is -0.640. The molecule has 0 N–H and O–H groups in total. The fourth-order valence-corrected chi connectivity index (χ4v) is 3.01. The number of sulfonamides is 1. The fraction of sp³-hybridized carbons (Fsp3) is 0.889. The Morgan fingerprint density at radius 3 is 2.60 bits per heavy atom. The Morgan fingerprint density at radius 1 is 1.47 bits per heavy atom. The Kier molecular flexibility index (Phi) is 4.08. The van der Waals surface area contributed by atoms with Crippen molar-refractivity contribution in [2.24, 2.45) is 0 Å². The molecule has 1 fully saturated rings. The zero-order valence-electron chi connectivity index (χ0n) is 9.18. The first kappa shape index (κ1) is 12.4. The van der Waals surface area contributed by atoms with Crippen LogP contribution in [0, 0.1) is 11.3 Å². The van der Waals surface area contributed by atoms with E-state index in [1.54, 1.807) is 6.07 Å². The first-order valence-corrected chi connectivity index (χ1v) is 6.71. The molecular weight excluding hydrogens is 214 g/mol. The van der Waals surface area contributed by atoms with Crippen molar-refractivity contribution in [3.05, 3.63) is 0 Å². The van der Waals surface area contributed by atoms with Gasteiger partial charge < -0.3 is 0 Å². The Bertz CT molecular complexity index is 347. The van der Waals surface area contributed by atoms with E-state index in [2.05, 4.69) is 11.8 Å². The lowest BCUT2D eigenvalue weighted by Gasteiger charge is -2.38. The lowest BCUT2D eigenvalue weighted by Crippen LogP contribution is -2.53. The SMILES string of the molecule is CCN1CCN(S(=O)(=O)CC#N)CC1C. The first-order chi connectivity index (χ1) is 7.01. The van der Waals surface area contributed by atoms with E-state index in [9.17, 15) is 8.42 Å². The van der Waals surface area contributed by atoms with Gasteiger partial charge in [0.2, 0.25) is 10.0 Å². The van der Waals surface area contributed by atoms with Crippen LogP contribution in [0.2, 0.25) is 0 Å². The van der Waals surface area contributed by atoms with Crippen LogP contribution >= 0.6 is 0 Å². The number of rotatable bonds is 3. The van der Waals surface area contributed by atoms with Crippen LogP contribution in [0.4, 0.5) is 0 Å². The van der Waals surface area contributed by atoms with Crippen LogP contribution in [-0.4, -0.2) is 55.6 Å². The van der Waals surface area contributed by atoms with Gasteiger partial charge in [0.25, 0.3) is 0 Å². The number of likely N-dealkylation sites (N-methyl/N-ethyl adjacent to an activating group) is 1. The molecule has 1 heterocycles. The van der Waals surface area contributed by atoms with Crippen LogP contribution in [-0.2, 0) is 10.0 Å². The van der Waals surface area contributed by atoms with E-state index in [1.807, 2.05) is 6.92 Å². The van der Waals surface area contributed by atoms with E-state index >= 15 is 0 Å². The highest BCUT2D eigenvalue weighted by Gasteiger charge is 2.29. The van der Waals surface area contributed by atoms with Gasteiger partial charge in [0.1, 0.15) is 0 Å². The highest BCUT2D eigenvalue weighted by Crippen LogP contribution is 2.12. The summed E-state index contributed by atoms with van der Waals surface area (Å²) in [5, 5.41) is 8.43. The second-order valence-corrected chi connectivity index (χ2v) is 5.72. The molecule has 1 unspecified atom stereocenters. The summed E-state index contributed by atoms with van der Waals surface area (Å²) in [6.45, 7) is 6.77.